The van der Waals surface area contributed by atoms with Crippen LogP contribution in [0.3, 0.4) is 0 Å². The zero-order chi connectivity index (χ0) is 34.4. The predicted molar refractivity (Wildman–Crippen MR) is 221 cm³/mol. The molecule has 0 fully saturated rings. The number of rotatable bonds is 2. The van der Waals surface area contributed by atoms with Crippen molar-refractivity contribution in [1.29, 1.82) is 0 Å². The van der Waals surface area contributed by atoms with Crippen LogP contribution in [0.1, 0.15) is 0 Å². The Morgan fingerprint density at radius 2 is 0.962 bits per heavy atom. The highest BCUT2D eigenvalue weighted by atomic mass is 15.1. The van der Waals surface area contributed by atoms with E-state index < -0.39 is 0 Å². The van der Waals surface area contributed by atoms with Gasteiger partial charge in [-0.05, 0) is 82.2 Å². The predicted octanol–water partition coefficient (Wildman–Crippen LogP) is 12.6. The molecular weight excluding hydrogens is 645 g/mol. The van der Waals surface area contributed by atoms with Crippen LogP contribution >= 0.6 is 0 Å². The van der Waals surface area contributed by atoms with Crippen molar-refractivity contribution in [3.05, 3.63) is 170 Å². The first-order chi connectivity index (χ1) is 26.3. The van der Waals surface area contributed by atoms with E-state index in [1.165, 1.54) is 82.2 Å². The van der Waals surface area contributed by atoms with Crippen LogP contribution in [0.4, 0.5) is 0 Å². The number of hydrogen-bond donors (Lipinski definition) is 0. The number of para-hydroxylation sites is 5. The lowest BCUT2D eigenvalue weighted by Crippen LogP contribution is -2.00. The van der Waals surface area contributed by atoms with Crippen molar-refractivity contribution in [2.24, 2.45) is 0 Å². The summed E-state index contributed by atoms with van der Waals surface area (Å²) >= 11 is 0. The second-order valence-corrected chi connectivity index (χ2v) is 14.3. The van der Waals surface area contributed by atoms with Crippen molar-refractivity contribution in [3.63, 3.8) is 0 Å². The molecule has 4 nitrogen and oxygen atoms in total. The molecular formula is C49H28N4. The maximum Gasteiger partial charge on any atom is 0.147 e. The highest BCUT2D eigenvalue weighted by molar-refractivity contribution is 6.35. The zero-order valence-corrected chi connectivity index (χ0v) is 28.5. The molecule has 0 spiro atoms. The van der Waals surface area contributed by atoms with E-state index in [1.54, 1.807) is 0 Å². The van der Waals surface area contributed by atoms with Crippen molar-refractivity contribution >= 4 is 82.0 Å². The number of aromatic nitrogens is 4. The summed E-state index contributed by atoms with van der Waals surface area (Å²) in [5.41, 5.74) is 15.3. The Morgan fingerprint density at radius 3 is 1.77 bits per heavy atom. The maximum atomic E-state index is 5.38. The molecule has 4 heteroatoms. The van der Waals surface area contributed by atoms with Gasteiger partial charge in [-0.15, -0.1) is 0 Å². The average molecular weight is 673 g/mol. The summed E-state index contributed by atoms with van der Waals surface area (Å²) in [5, 5.41) is 9.92. The number of imidazole rings is 1. The summed E-state index contributed by atoms with van der Waals surface area (Å²) in [6.07, 6.45) is 0. The molecule has 0 saturated carbocycles. The van der Waals surface area contributed by atoms with Crippen LogP contribution in [-0.2, 0) is 0 Å². The van der Waals surface area contributed by atoms with Gasteiger partial charge < -0.3 is 4.57 Å². The largest absolute Gasteiger partial charge is 0.309 e. The summed E-state index contributed by atoms with van der Waals surface area (Å²) in [6.45, 7) is 0. The lowest BCUT2D eigenvalue weighted by atomic mass is 10.00. The minimum atomic E-state index is 0.968. The summed E-state index contributed by atoms with van der Waals surface area (Å²) in [6, 6.07) is 62.1. The van der Waals surface area contributed by atoms with Gasteiger partial charge in [0.05, 0.1) is 33.3 Å². The van der Waals surface area contributed by atoms with E-state index in [0.29, 0.717) is 0 Å². The van der Waals surface area contributed by atoms with Gasteiger partial charge in [0.25, 0.3) is 0 Å². The lowest BCUT2D eigenvalue weighted by Gasteiger charge is -2.14. The van der Waals surface area contributed by atoms with Gasteiger partial charge >= 0.3 is 0 Å². The molecule has 0 atom stereocenters. The molecule has 1 aliphatic carbocycles. The molecule has 0 saturated heterocycles. The van der Waals surface area contributed by atoms with Crippen LogP contribution in [0.15, 0.2) is 170 Å². The van der Waals surface area contributed by atoms with Gasteiger partial charge in [0.2, 0.25) is 0 Å². The Bertz CT molecular complexity index is 3530. The zero-order valence-electron chi connectivity index (χ0n) is 28.5. The number of benzene rings is 8. The van der Waals surface area contributed by atoms with Gasteiger partial charge in [0.15, 0.2) is 0 Å². The van der Waals surface area contributed by atoms with Crippen molar-refractivity contribution < 1.29 is 0 Å². The fourth-order valence-electron chi connectivity index (χ4n) is 9.70. The minimum Gasteiger partial charge on any atom is -0.309 e. The van der Waals surface area contributed by atoms with Crippen LogP contribution in [0.5, 0.6) is 0 Å². The van der Waals surface area contributed by atoms with Crippen LogP contribution in [0.2, 0.25) is 0 Å². The summed E-state index contributed by atoms with van der Waals surface area (Å²) in [5.74, 6) is 0. The molecule has 244 valence electrons. The quantitative estimate of drug-likeness (QED) is 0.180. The molecule has 53 heavy (non-hydrogen) atoms. The maximum absolute atomic E-state index is 5.38. The van der Waals surface area contributed by atoms with Gasteiger partial charge in [0.1, 0.15) is 11.3 Å². The van der Waals surface area contributed by atoms with E-state index in [0.717, 1.165) is 33.4 Å². The molecule has 0 unspecified atom stereocenters. The standard InChI is InChI=1S/C49H28N4/c1-2-13-29(14-3-1)51-39-22-9-7-18-36(39)47-46-37(48-50-38-21-8-11-24-42(38)53(48)49(47)51)26-28-43-45(46)35-17-6-10-23-40(35)52(43)41-27-25-33-31-16-5-4-15-30(31)32-19-12-20-34(41)44(32)33/h1-28H. The van der Waals surface area contributed by atoms with E-state index in [-0.39, 0.29) is 0 Å². The lowest BCUT2D eigenvalue weighted by molar-refractivity contribution is 1.11. The van der Waals surface area contributed by atoms with E-state index >= 15 is 0 Å². The normalized spacial score (nSPS) is 12.5. The van der Waals surface area contributed by atoms with Crippen molar-refractivity contribution in [2.45, 2.75) is 0 Å². The SMILES string of the molecule is c1ccc(-n2c3ccccc3c3c4c(ccc5c4c4ccccc4n5-c4ccc5c6c(cccc46)-c4ccccc4-5)c4nc5ccccc5n4c32)cc1. The molecule has 4 heterocycles. The summed E-state index contributed by atoms with van der Waals surface area (Å²) < 4.78 is 7.33. The molecule has 4 aromatic heterocycles. The highest BCUT2D eigenvalue weighted by Crippen LogP contribution is 2.50. The second kappa shape index (κ2) is 9.78. The first-order valence-corrected chi connectivity index (χ1v) is 18.2. The number of nitrogens with zero attached hydrogens (tertiary/aromatic N) is 4. The van der Waals surface area contributed by atoms with Crippen molar-refractivity contribution in [1.82, 2.24) is 18.5 Å². The summed E-state index contributed by atoms with van der Waals surface area (Å²) in [4.78, 5) is 5.38. The Kier molecular flexibility index (Phi) is 5.08. The Hall–Kier alpha value is -7.17. The Morgan fingerprint density at radius 1 is 0.340 bits per heavy atom. The van der Waals surface area contributed by atoms with Gasteiger partial charge in [-0.2, -0.15) is 0 Å². The second-order valence-electron chi connectivity index (χ2n) is 14.3. The van der Waals surface area contributed by atoms with Gasteiger partial charge in [-0.3, -0.25) is 8.97 Å². The van der Waals surface area contributed by atoms with Gasteiger partial charge in [0, 0.05) is 43.4 Å². The highest BCUT2D eigenvalue weighted by Gasteiger charge is 2.27. The minimum absolute atomic E-state index is 0.968. The van der Waals surface area contributed by atoms with E-state index in [1.807, 2.05) is 0 Å². The van der Waals surface area contributed by atoms with E-state index in [2.05, 4.69) is 183 Å². The topological polar surface area (TPSA) is 27.2 Å². The van der Waals surface area contributed by atoms with Crippen LogP contribution in [0, 0.1) is 0 Å². The Labute approximate surface area is 303 Å². The molecule has 1 aliphatic rings. The number of pyridine rings is 1. The number of fused-ring (bicyclic) bond motifs is 17. The van der Waals surface area contributed by atoms with Crippen molar-refractivity contribution in [3.8, 4) is 33.6 Å². The molecule has 0 aliphatic heterocycles. The molecule has 0 N–H and O–H groups in total. The molecule has 8 aromatic carbocycles. The van der Waals surface area contributed by atoms with Crippen LogP contribution < -0.4 is 0 Å². The fourth-order valence-corrected chi connectivity index (χ4v) is 9.70. The Balaban J connectivity index is 1.27. The summed E-state index contributed by atoms with van der Waals surface area (Å²) in [7, 11) is 0. The van der Waals surface area contributed by atoms with Crippen molar-refractivity contribution in [2.75, 3.05) is 0 Å². The monoisotopic (exact) mass is 672 g/mol. The third-order valence-electron chi connectivity index (χ3n) is 11.7. The first kappa shape index (κ1) is 27.5. The van der Waals surface area contributed by atoms with E-state index in [4.69, 9.17) is 4.98 Å². The number of hydrogen-bond acceptors (Lipinski definition) is 1. The fraction of sp³-hybridized carbons (Fsp3) is 0. The molecule has 0 bridgehead atoms. The molecule has 0 amide bonds. The molecule has 0 radical (unpaired) electrons. The molecule has 13 rings (SSSR count). The molecule has 12 aromatic rings. The smallest absolute Gasteiger partial charge is 0.147 e. The third-order valence-corrected chi connectivity index (χ3v) is 11.7. The average Bonchev–Trinajstić information content (AvgIpc) is 3.96. The van der Waals surface area contributed by atoms with Crippen LogP contribution in [0.25, 0.3) is 116 Å². The van der Waals surface area contributed by atoms with Crippen LogP contribution in [-0.4, -0.2) is 18.5 Å². The first-order valence-electron chi connectivity index (χ1n) is 18.2. The van der Waals surface area contributed by atoms with E-state index in [9.17, 15) is 0 Å². The van der Waals surface area contributed by atoms with Gasteiger partial charge in [-0.25, -0.2) is 4.98 Å². The third kappa shape index (κ3) is 3.34. The van der Waals surface area contributed by atoms with Gasteiger partial charge in [-0.1, -0.05) is 115 Å².